The topological polar surface area (TPSA) is 168 Å². The van der Waals surface area contributed by atoms with E-state index in [0.29, 0.717) is 10.2 Å². The minimum absolute atomic E-state index is 0.00961. The molecule has 0 bridgehead atoms. The number of aliphatic hydroxyl groups is 1. The number of hydrogen-bond donors (Lipinski definition) is 3. The van der Waals surface area contributed by atoms with Gasteiger partial charge in [-0.25, -0.2) is 35.1 Å². The molecule has 0 amide bonds. The molecule has 4 rings (SSSR count). The molecule has 1 aromatic carbocycles. The molecule has 1 unspecified atom stereocenters. The summed E-state index contributed by atoms with van der Waals surface area (Å²) in [5.74, 6) is -1.66. The number of hydrogen-bond acceptors (Lipinski definition) is 8. The number of aromatic nitrogens is 3. The fraction of sp³-hybridized carbons (Fsp3) is 0.350. The number of alkyl halides is 2. The van der Waals surface area contributed by atoms with Crippen LogP contribution in [0.2, 0.25) is 10.0 Å². The molecule has 200 valence electrons. The van der Waals surface area contributed by atoms with Gasteiger partial charge in [0.05, 0.1) is 17.2 Å². The molecule has 1 saturated heterocycles. The highest BCUT2D eigenvalue weighted by Gasteiger charge is 2.38. The van der Waals surface area contributed by atoms with Crippen molar-refractivity contribution >= 4 is 43.1 Å². The Labute approximate surface area is 218 Å². The normalized spacial score (nSPS) is 19.9. The van der Waals surface area contributed by atoms with Crippen LogP contribution in [0.1, 0.15) is 24.1 Å². The SMILES string of the molecule is O=c1[nH]c(=O)n(-c2cc(Cl)c(CC3C=CC(O)=C(S(=O)(=O)NC4CS(=O)(=O)C4)C3)c(Cl)c2)nc1C(F)F. The van der Waals surface area contributed by atoms with Crippen LogP contribution in [0.3, 0.4) is 0 Å². The van der Waals surface area contributed by atoms with Gasteiger partial charge < -0.3 is 5.11 Å². The molecular weight excluding hydrogens is 581 g/mol. The van der Waals surface area contributed by atoms with Gasteiger partial charge in [-0.15, -0.1) is 0 Å². The Hall–Kier alpha value is -2.59. The first kappa shape index (κ1) is 27.4. The first-order valence-electron chi connectivity index (χ1n) is 10.5. The number of allylic oxidation sites excluding steroid dienone is 3. The Bertz CT molecular complexity index is 1630. The summed E-state index contributed by atoms with van der Waals surface area (Å²) in [6.45, 7) is 0. The van der Waals surface area contributed by atoms with Crippen LogP contribution in [0.4, 0.5) is 8.78 Å². The zero-order valence-electron chi connectivity index (χ0n) is 18.5. The number of aromatic amines is 1. The highest BCUT2D eigenvalue weighted by Crippen LogP contribution is 2.35. The molecule has 1 fully saturated rings. The van der Waals surface area contributed by atoms with Gasteiger partial charge in [0.25, 0.3) is 12.0 Å². The summed E-state index contributed by atoms with van der Waals surface area (Å²) >= 11 is 12.7. The number of H-pyrrole nitrogens is 1. The van der Waals surface area contributed by atoms with Crippen LogP contribution >= 0.6 is 23.2 Å². The van der Waals surface area contributed by atoms with Crippen LogP contribution in [0, 0.1) is 5.92 Å². The first-order valence-corrected chi connectivity index (χ1v) is 14.6. The number of nitrogens with zero attached hydrogens (tertiary/aromatic N) is 2. The van der Waals surface area contributed by atoms with Crippen molar-refractivity contribution in [1.82, 2.24) is 19.5 Å². The van der Waals surface area contributed by atoms with Gasteiger partial charge in [0, 0.05) is 16.1 Å². The van der Waals surface area contributed by atoms with Gasteiger partial charge >= 0.3 is 5.69 Å². The zero-order valence-corrected chi connectivity index (χ0v) is 21.6. The minimum atomic E-state index is -4.19. The van der Waals surface area contributed by atoms with E-state index < -0.39 is 60.9 Å². The minimum Gasteiger partial charge on any atom is -0.507 e. The van der Waals surface area contributed by atoms with Crippen molar-refractivity contribution in [2.75, 3.05) is 11.5 Å². The van der Waals surface area contributed by atoms with E-state index in [1.807, 2.05) is 0 Å². The van der Waals surface area contributed by atoms with Crippen molar-refractivity contribution in [3.8, 4) is 5.69 Å². The van der Waals surface area contributed by atoms with E-state index in [9.17, 15) is 40.3 Å². The van der Waals surface area contributed by atoms with Crippen molar-refractivity contribution in [2.45, 2.75) is 25.3 Å². The van der Waals surface area contributed by atoms with Gasteiger partial charge in [-0.05, 0) is 42.5 Å². The highest BCUT2D eigenvalue weighted by atomic mass is 35.5. The van der Waals surface area contributed by atoms with Crippen LogP contribution in [0.15, 0.2) is 44.5 Å². The number of nitrogens with one attached hydrogen (secondary N) is 2. The molecule has 11 nitrogen and oxygen atoms in total. The molecule has 0 radical (unpaired) electrons. The highest BCUT2D eigenvalue weighted by molar-refractivity contribution is 7.94. The Morgan fingerprint density at radius 1 is 1.22 bits per heavy atom. The van der Waals surface area contributed by atoms with E-state index in [-0.39, 0.29) is 45.0 Å². The van der Waals surface area contributed by atoms with Gasteiger partial charge in [0.15, 0.2) is 15.5 Å². The third-order valence-electron chi connectivity index (χ3n) is 5.71. The largest absolute Gasteiger partial charge is 0.507 e. The summed E-state index contributed by atoms with van der Waals surface area (Å²) in [6, 6.07) is 1.66. The quantitative estimate of drug-likeness (QED) is 0.433. The number of sulfone groups is 1. The Balaban J connectivity index is 1.57. The molecule has 1 atom stereocenters. The van der Waals surface area contributed by atoms with E-state index in [4.69, 9.17) is 23.2 Å². The predicted molar refractivity (Wildman–Crippen MR) is 131 cm³/mol. The van der Waals surface area contributed by atoms with Crippen molar-refractivity contribution in [2.24, 2.45) is 5.92 Å². The van der Waals surface area contributed by atoms with Crippen molar-refractivity contribution in [1.29, 1.82) is 0 Å². The average Bonchev–Trinajstić information content (AvgIpc) is 2.75. The lowest BCUT2D eigenvalue weighted by Crippen LogP contribution is -2.53. The summed E-state index contributed by atoms with van der Waals surface area (Å²) in [4.78, 5) is 25.1. The molecule has 0 saturated carbocycles. The Morgan fingerprint density at radius 3 is 2.41 bits per heavy atom. The standard InChI is InChI=1S/C20H18Cl2F2N4O7S2/c21-13-5-11(28-20(31)25-19(30)17(26-28)18(23)24)6-14(22)12(13)3-9-1-2-15(29)16(4-9)37(34,35)27-10-7-36(32,33)8-10/h1-2,5-6,9-10,18,27,29H,3-4,7-8H2,(H,25,30,31). The average molecular weight is 599 g/mol. The fourth-order valence-electron chi connectivity index (χ4n) is 3.94. The predicted octanol–water partition coefficient (Wildman–Crippen LogP) is 1.77. The van der Waals surface area contributed by atoms with Crippen LogP contribution in [-0.4, -0.2) is 54.3 Å². The molecule has 3 N–H and O–H groups in total. The molecule has 2 heterocycles. The van der Waals surface area contributed by atoms with E-state index in [2.05, 4.69) is 9.82 Å². The molecule has 1 aromatic heterocycles. The van der Waals surface area contributed by atoms with Crippen LogP contribution in [0.25, 0.3) is 5.69 Å². The molecular formula is C20H18Cl2F2N4O7S2. The number of benzene rings is 1. The van der Waals surface area contributed by atoms with Crippen molar-refractivity contribution < 1.29 is 30.7 Å². The number of halogens is 4. The van der Waals surface area contributed by atoms with E-state index in [1.54, 1.807) is 11.1 Å². The van der Waals surface area contributed by atoms with Gasteiger partial charge in [-0.2, -0.15) is 9.78 Å². The summed E-state index contributed by atoms with van der Waals surface area (Å²) in [7, 11) is -7.46. The van der Waals surface area contributed by atoms with E-state index in [1.165, 1.54) is 18.2 Å². The molecule has 2 aliphatic rings. The molecule has 0 spiro atoms. The summed E-state index contributed by atoms with van der Waals surface area (Å²) in [5, 5.41) is 13.6. The second-order valence-corrected chi connectivity index (χ2v) is 13.2. The van der Waals surface area contributed by atoms with Gasteiger partial charge in [-0.1, -0.05) is 29.3 Å². The summed E-state index contributed by atoms with van der Waals surface area (Å²) in [5.41, 5.74) is -3.35. The number of sulfonamides is 1. The third-order valence-corrected chi connectivity index (χ3v) is 9.88. The molecule has 1 aliphatic carbocycles. The smallest absolute Gasteiger partial charge is 0.349 e. The van der Waals surface area contributed by atoms with E-state index in [0.717, 1.165) is 0 Å². The van der Waals surface area contributed by atoms with Crippen LogP contribution in [-0.2, 0) is 26.3 Å². The fourth-order valence-corrected chi connectivity index (χ4v) is 7.60. The van der Waals surface area contributed by atoms with Crippen LogP contribution < -0.4 is 16.0 Å². The lowest BCUT2D eigenvalue weighted by molar-refractivity contribution is 0.141. The third kappa shape index (κ3) is 5.80. The second kappa shape index (κ2) is 9.94. The van der Waals surface area contributed by atoms with Crippen LogP contribution in [0.5, 0.6) is 0 Å². The lowest BCUT2D eigenvalue weighted by atomic mass is 9.92. The first-order chi connectivity index (χ1) is 17.2. The maximum absolute atomic E-state index is 13.1. The zero-order chi connectivity index (χ0) is 27.3. The van der Waals surface area contributed by atoms with Crippen molar-refractivity contribution in [3.63, 3.8) is 0 Å². The number of aliphatic hydroxyl groups excluding tert-OH is 1. The van der Waals surface area contributed by atoms with E-state index >= 15 is 0 Å². The lowest BCUT2D eigenvalue weighted by Gasteiger charge is -2.28. The monoisotopic (exact) mass is 598 g/mol. The summed E-state index contributed by atoms with van der Waals surface area (Å²) in [6.07, 6.45) is -0.548. The Morgan fingerprint density at radius 2 is 1.84 bits per heavy atom. The molecule has 1 aliphatic heterocycles. The Kier molecular flexibility index (Phi) is 7.38. The van der Waals surface area contributed by atoms with Gasteiger partial charge in [0.2, 0.25) is 10.0 Å². The number of rotatable bonds is 7. The maximum Gasteiger partial charge on any atom is 0.349 e. The second-order valence-electron chi connectivity index (χ2n) is 8.48. The summed E-state index contributed by atoms with van der Waals surface area (Å²) < 4.78 is 77.1. The molecule has 37 heavy (non-hydrogen) atoms. The van der Waals surface area contributed by atoms with Gasteiger partial charge in [-0.3, -0.25) is 9.78 Å². The maximum atomic E-state index is 13.1. The van der Waals surface area contributed by atoms with Crippen molar-refractivity contribution in [3.05, 3.63) is 77.1 Å². The molecule has 17 heteroatoms. The molecule has 2 aromatic rings. The van der Waals surface area contributed by atoms with Gasteiger partial charge in [0.1, 0.15) is 10.7 Å².